The molecule has 0 spiro atoms. The van der Waals surface area contributed by atoms with Crippen LogP contribution in [-0.2, 0) is 11.2 Å². The molecule has 2 atom stereocenters. The number of rotatable bonds is 4. The number of benzene rings is 1. The van der Waals surface area contributed by atoms with Crippen molar-refractivity contribution in [2.45, 2.75) is 38.8 Å². The summed E-state index contributed by atoms with van der Waals surface area (Å²) in [5, 5.41) is 10.3. The van der Waals surface area contributed by atoms with Gasteiger partial charge in [0.2, 0.25) is 0 Å². The first kappa shape index (κ1) is 19.6. The lowest BCUT2D eigenvalue weighted by molar-refractivity contribution is -0.0697. The second-order valence-corrected chi connectivity index (χ2v) is 7.68. The van der Waals surface area contributed by atoms with Crippen molar-refractivity contribution in [3.05, 3.63) is 64.5 Å². The number of carbonyl (C=O) groups excluding carboxylic acids is 1. The standard InChI is InChI=1S/C23H26N2O4/c1-4-18-6-5-16(11-24-18)9-17-10-19-22(15(3)14(17)2)29-13-25(23(19)27)20-12-28-8-7-21(20)26/h4-6,10-11,20-21,26H,1,7-9,12-13H2,2-3H3/t20-,21-/m0/s1. The molecule has 1 amide bonds. The normalized spacial score (nSPS) is 21.5. The molecule has 29 heavy (non-hydrogen) atoms. The summed E-state index contributed by atoms with van der Waals surface area (Å²) in [6.45, 7) is 8.73. The summed E-state index contributed by atoms with van der Waals surface area (Å²) >= 11 is 0. The molecule has 1 N–H and O–H groups in total. The molecule has 2 aromatic rings. The van der Waals surface area contributed by atoms with Crippen molar-refractivity contribution in [1.82, 2.24) is 9.88 Å². The lowest BCUT2D eigenvalue weighted by atomic mass is 9.92. The van der Waals surface area contributed by atoms with Gasteiger partial charge in [0.15, 0.2) is 6.73 Å². The number of aliphatic hydroxyl groups excluding tert-OH is 1. The minimum atomic E-state index is -0.599. The molecule has 2 aliphatic heterocycles. The topological polar surface area (TPSA) is 71.9 Å². The van der Waals surface area contributed by atoms with Gasteiger partial charge >= 0.3 is 0 Å². The van der Waals surface area contributed by atoms with E-state index in [2.05, 4.69) is 18.5 Å². The van der Waals surface area contributed by atoms with Crippen molar-refractivity contribution >= 4 is 12.0 Å². The van der Waals surface area contributed by atoms with Crippen LogP contribution < -0.4 is 4.74 Å². The Morgan fingerprint density at radius 3 is 2.86 bits per heavy atom. The van der Waals surface area contributed by atoms with Crippen molar-refractivity contribution in [3.63, 3.8) is 0 Å². The predicted octanol–water partition coefficient (Wildman–Crippen LogP) is 2.87. The SMILES string of the molecule is C=Cc1ccc(Cc2cc3c(c(C)c2C)OCN([C@H]2COCC[C@@H]2O)C3=O)cn1. The molecule has 4 rings (SSSR count). The Labute approximate surface area is 170 Å². The summed E-state index contributed by atoms with van der Waals surface area (Å²) in [4.78, 5) is 19.2. The van der Waals surface area contributed by atoms with E-state index in [0.717, 1.165) is 27.9 Å². The fourth-order valence-electron chi connectivity index (χ4n) is 3.97. The van der Waals surface area contributed by atoms with E-state index in [4.69, 9.17) is 9.47 Å². The summed E-state index contributed by atoms with van der Waals surface area (Å²) in [5.41, 5.74) is 5.59. The van der Waals surface area contributed by atoms with Crippen LogP contribution in [0.3, 0.4) is 0 Å². The summed E-state index contributed by atoms with van der Waals surface area (Å²) < 4.78 is 11.5. The Kier molecular flexibility index (Phi) is 5.39. The van der Waals surface area contributed by atoms with Crippen molar-refractivity contribution < 1.29 is 19.4 Å². The molecule has 1 saturated heterocycles. The van der Waals surface area contributed by atoms with Gasteiger partial charge < -0.3 is 14.6 Å². The highest BCUT2D eigenvalue weighted by Gasteiger charge is 2.37. The van der Waals surface area contributed by atoms with Gasteiger partial charge in [-0.15, -0.1) is 0 Å². The van der Waals surface area contributed by atoms with E-state index >= 15 is 0 Å². The number of ether oxygens (including phenoxy) is 2. The van der Waals surface area contributed by atoms with Crippen molar-refractivity contribution in [3.8, 4) is 5.75 Å². The van der Waals surface area contributed by atoms with E-state index < -0.39 is 6.10 Å². The fourth-order valence-corrected chi connectivity index (χ4v) is 3.97. The molecule has 0 unspecified atom stereocenters. The summed E-state index contributed by atoms with van der Waals surface area (Å²) in [5.74, 6) is 0.518. The average molecular weight is 394 g/mol. The van der Waals surface area contributed by atoms with E-state index in [1.54, 1.807) is 11.0 Å². The first-order valence-electron chi connectivity index (χ1n) is 9.89. The highest BCUT2D eigenvalue weighted by molar-refractivity contribution is 5.99. The second-order valence-electron chi connectivity index (χ2n) is 7.68. The van der Waals surface area contributed by atoms with Gasteiger partial charge in [-0.25, -0.2) is 0 Å². The Balaban J connectivity index is 1.65. The van der Waals surface area contributed by atoms with E-state index in [1.807, 2.05) is 31.3 Å². The van der Waals surface area contributed by atoms with Crippen LogP contribution in [0, 0.1) is 13.8 Å². The van der Waals surface area contributed by atoms with Crippen molar-refractivity contribution in [2.24, 2.45) is 0 Å². The number of aliphatic hydroxyl groups is 1. The first-order chi connectivity index (χ1) is 14.0. The monoisotopic (exact) mass is 394 g/mol. The van der Waals surface area contributed by atoms with Crippen LogP contribution in [0.4, 0.5) is 0 Å². The lowest BCUT2D eigenvalue weighted by Crippen LogP contribution is -2.55. The molecule has 6 nitrogen and oxygen atoms in total. The fraction of sp³-hybridized carbons (Fsp3) is 0.391. The van der Waals surface area contributed by atoms with Gasteiger partial charge in [0, 0.05) is 12.8 Å². The molecule has 1 fully saturated rings. The molecular formula is C23H26N2O4. The van der Waals surface area contributed by atoms with Gasteiger partial charge in [0.1, 0.15) is 5.75 Å². The summed E-state index contributed by atoms with van der Waals surface area (Å²) in [7, 11) is 0. The summed E-state index contributed by atoms with van der Waals surface area (Å²) in [6.07, 6.45) is 4.15. The Hall–Kier alpha value is -2.70. The van der Waals surface area contributed by atoms with Crippen LogP contribution in [0.2, 0.25) is 0 Å². The highest BCUT2D eigenvalue weighted by Crippen LogP contribution is 2.35. The maximum Gasteiger partial charge on any atom is 0.260 e. The lowest BCUT2D eigenvalue weighted by Gasteiger charge is -2.40. The maximum absolute atomic E-state index is 13.3. The molecule has 2 aliphatic rings. The third-order valence-electron chi connectivity index (χ3n) is 5.93. The van der Waals surface area contributed by atoms with Gasteiger partial charge in [-0.05, 0) is 67.2 Å². The predicted molar refractivity (Wildman–Crippen MR) is 110 cm³/mol. The number of aromatic nitrogens is 1. The number of pyridine rings is 1. The molecule has 1 aromatic carbocycles. The zero-order valence-electron chi connectivity index (χ0n) is 16.9. The number of hydrogen-bond donors (Lipinski definition) is 1. The molecule has 0 bridgehead atoms. The van der Waals surface area contributed by atoms with Gasteiger partial charge in [-0.3, -0.25) is 14.7 Å². The highest BCUT2D eigenvalue weighted by atomic mass is 16.5. The van der Waals surface area contributed by atoms with E-state index in [9.17, 15) is 9.90 Å². The van der Waals surface area contributed by atoms with E-state index in [0.29, 0.717) is 37.4 Å². The summed E-state index contributed by atoms with van der Waals surface area (Å²) in [6, 6.07) is 5.50. The van der Waals surface area contributed by atoms with Crippen LogP contribution in [0.15, 0.2) is 31.0 Å². The number of carbonyl (C=O) groups is 1. The Morgan fingerprint density at radius 2 is 2.17 bits per heavy atom. The third-order valence-corrected chi connectivity index (χ3v) is 5.93. The number of amides is 1. The van der Waals surface area contributed by atoms with Crippen LogP contribution in [0.5, 0.6) is 5.75 Å². The molecule has 1 aromatic heterocycles. The van der Waals surface area contributed by atoms with E-state index in [-0.39, 0.29) is 18.7 Å². The second kappa shape index (κ2) is 7.97. The van der Waals surface area contributed by atoms with Crippen LogP contribution >= 0.6 is 0 Å². The van der Waals surface area contributed by atoms with Crippen LogP contribution in [0.25, 0.3) is 6.08 Å². The molecule has 0 radical (unpaired) electrons. The minimum absolute atomic E-state index is 0.120. The molecule has 6 heteroatoms. The molecule has 152 valence electrons. The number of hydrogen-bond acceptors (Lipinski definition) is 5. The van der Waals surface area contributed by atoms with Gasteiger partial charge in [0.05, 0.1) is 30.0 Å². The molecule has 0 aliphatic carbocycles. The third kappa shape index (κ3) is 3.66. The van der Waals surface area contributed by atoms with E-state index in [1.165, 1.54) is 0 Å². The van der Waals surface area contributed by atoms with Gasteiger partial charge in [-0.2, -0.15) is 0 Å². The van der Waals surface area contributed by atoms with Crippen LogP contribution in [0.1, 0.15) is 44.7 Å². The van der Waals surface area contributed by atoms with Gasteiger partial charge in [0.25, 0.3) is 5.91 Å². The Morgan fingerprint density at radius 1 is 1.34 bits per heavy atom. The zero-order chi connectivity index (χ0) is 20.5. The smallest absolute Gasteiger partial charge is 0.260 e. The number of nitrogens with zero attached hydrogens (tertiary/aromatic N) is 2. The number of fused-ring (bicyclic) bond motifs is 1. The zero-order valence-corrected chi connectivity index (χ0v) is 16.9. The quantitative estimate of drug-likeness (QED) is 0.863. The molecular weight excluding hydrogens is 368 g/mol. The Bertz CT molecular complexity index is 939. The average Bonchev–Trinajstić information content (AvgIpc) is 2.74. The van der Waals surface area contributed by atoms with Gasteiger partial charge in [-0.1, -0.05) is 12.6 Å². The molecule has 0 saturated carbocycles. The minimum Gasteiger partial charge on any atom is -0.472 e. The van der Waals surface area contributed by atoms with Crippen molar-refractivity contribution in [2.75, 3.05) is 19.9 Å². The van der Waals surface area contributed by atoms with Crippen LogP contribution in [-0.4, -0.2) is 53.0 Å². The maximum atomic E-state index is 13.3. The first-order valence-corrected chi connectivity index (χ1v) is 9.89. The molecule has 3 heterocycles. The largest absolute Gasteiger partial charge is 0.472 e. The van der Waals surface area contributed by atoms with Crippen molar-refractivity contribution in [1.29, 1.82) is 0 Å².